The SMILES string of the molecule is Cc1ccc(CCc2ccccc2)cc1Nc1ccccc1N(C)C. The lowest BCUT2D eigenvalue weighted by Crippen LogP contribution is -2.11. The summed E-state index contributed by atoms with van der Waals surface area (Å²) in [6.45, 7) is 2.15. The lowest BCUT2D eigenvalue weighted by Gasteiger charge is -2.19. The summed E-state index contributed by atoms with van der Waals surface area (Å²) in [5.74, 6) is 0. The van der Waals surface area contributed by atoms with Gasteiger partial charge in [-0.15, -0.1) is 0 Å². The van der Waals surface area contributed by atoms with Gasteiger partial charge >= 0.3 is 0 Å². The third kappa shape index (κ3) is 4.42. The fourth-order valence-corrected chi connectivity index (χ4v) is 3.01. The van der Waals surface area contributed by atoms with E-state index in [9.17, 15) is 0 Å². The average molecular weight is 330 g/mol. The molecule has 0 aromatic heterocycles. The van der Waals surface area contributed by atoms with Gasteiger partial charge < -0.3 is 10.2 Å². The van der Waals surface area contributed by atoms with E-state index < -0.39 is 0 Å². The van der Waals surface area contributed by atoms with E-state index >= 15 is 0 Å². The Bertz CT molecular complexity index is 823. The Balaban J connectivity index is 1.78. The standard InChI is InChI=1S/C23H26N2/c1-18-13-14-20(16-15-19-9-5-4-6-10-19)17-22(18)24-21-11-7-8-12-23(21)25(2)3/h4-14,17,24H,15-16H2,1-3H3. The van der Waals surface area contributed by atoms with Crippen LogP contribution < -0.4 is 10.2 Å². The highest BCUT2D eigenvalue weighted by molar-refractivity contribution is 5.76. The Hall–Kier alpha value is -2.74. The second kappa shape index (κ2) is 7.89. The van der Waals surface area contributed by atoms with Gasteiger partial charge in [-0.25, -0.2) is 0 Å². The molecule has 0 aliphatic heterocycles. The van der Waals surface area contributed by atoms with Gasteiger partial charge in [-0.1, -0.05) is 54.6 Å². The van der Waals surface area contributed by atoms with E-state index in [0.29, 0.717) is 0 Å². The highest BCUT2D eigenvalue weighted by Gasteiger charge is 2.07. The number of hydrogen-bond donors (Lipinski definition) is 1. The van der Waals surface area contributed by atoms with Crippen molar-refractivity contribution in [3.05, 3.63) is 89.5 Å². The zero-order chi connectivity index (χ0) is 17.6. The Morgan fingerprint density at radius 1 is 0.720 bits per heavy atom. The zero-order valence-corrected chi connectivity index (χ0v) is 15.3. The molecule has 0 unspecified atom stereocenters. The van der Waals surface area contributed by atoms with E-state index in [1.807, 2.05) is 0 Å². The number of anilines is 3. The molecule has 0 aliphatic rings. The largest absolute Gasteiger partial charge is 0.376 e. The Labute approximate surface area is 151 Å². The molecule has 0 bridgehead atoms. The first-order chi connectivity index (χ1) is 12.1. The monoisotopic (exact) mass is 330 g/mol. The van der Waals surface area contributed by atoms with Crippen LogP contribution in [0.3, 0.4) is 0 Å². The van der Waals surface area contributed by atoms with E-state index in [-0.39, 0.29) is 0 Å². The molecule has 1 N–H and O–H groups in total. The Morgan fingerprint density at radius 2 is 1.40 bits per heavy atom. The molecule has 128 valence electrons. The Morgan fingerprint density at radius 3 is 2.16 bits per heavy atom. The normalized spacial score (nSPS) is 10.5. The number of nitrogens with zero attached hydrogens (tertiary/aromatic N) is 1. The molecule has 0 radical (unpaired) electrons. The van der Waals surface area contributed by atoms with Crippen molar-refractivity contribution in [3.8, 4) is 0 Å². The molecule has 3 aromatic rings. The number of aryl methyl sites for hydroxylation is 3. The zero-order valence-electron chi connectivity index (χ0n) is 15.3. The average Bonchev–Trinajstić information content (AvgIpc) is 2.63. The van der Waals surface area contributed by atoms with Crippen molar-refractivity contribution in [2.45, 2.75) is 19.8 Å². The van der Waals surface area contributed by atoms with Crippen LogP contribution in [0.15, 0.2) is 72.8 Å². The first-order valence-corrected chi connectivity index (χ1v) is 8.80. The summed E-state index contributed by atoms with van der Waals surface area (Å²) in [6, 6.07) is 25.8. The van der Waals surface area contributed by atoms with E-state index in [4.69, 9.17) is 0 Å². The second-order valence-electron chi connectivity index (χ2n) is 6.67. The van der Waals surface area contributed by atoms with Gasteiger partial charge in [0.25, 0.3) is 0 Å². The van der Waals surface area contributed by atoms with Crippen LogP contribution in [-0.2, 0) is 12.8 Å². The van der Waals surface area contributed by atoms with Gasteiger partial charge in [0.15, 0.2) is 0 Å². The second-order valence-corrected chi connectivity index (χ2v) is 6.67. The molecule has 2 heteroatoms. The molecule has 3 rings (SSSR count). The van der Waals surface area contributed by atoms with Crippen LogP contribution in [-0.4, -0.2) is 14.1 Å². The quantitative estimate of drug-likeness (QED) is 0.634. The maximum atomic E-state index is 3.62. The van der Waals surface area contributed by atoms with Gasteiger partial charge in [0, 0.05) is 19.8 Å². The molecule has 25 heavy (non-hydrogen) atoms. The molecular formula is C23H26N2. The summed E-state index contributed by atoms with van der Waals surface area (Å²) < 4.78 is 0. The first-order valence-electron chi connectivity index (χ1n) is 8.80. The number of nitrogens with one attached hydrogen (secondary N) is 1. The minimum atomic E-state index is 1.05. The molecule has 0 saturated heterocycles. The van der Waals surface area contributed by atoms with Crippen LogP contribution >= 0.6 is 0 Å². The summed E-state index contributed by atoms with van der Waals surface area (Å²) in [4.78, 5) is 2.14. The number of benzene rings is 3. The van der Waals surface area contributed by atoms with Gasteiger partial charge in [0.1, 0.15) is 0 Å². The van der Waals surface area contributed by atoms with Crippen LogP contribution in [0.25, 0.3) is 0 Å². The summed E-state index contributed by atoms with van der Waals surface area (Å²) in [5.41, 5.74) is 7.51. The van der Waals surface area contributed by atoms with Gasteiger partial charge in [-0.3, -0.25) is 0 Å². The van der Waals surface area contributed by atoms with Crippen molar-refractivity contribution >= 4 is 17.1 Å². The molecule has 2 nitrogen and oxygen atoms in total. The molecular weight excluding hydrogens is 304 g/mol. The minimum Gasteiger partial charge on any atom is -0.376 e. The van der Waals surface area contributed by atoms with Crippen molar-refractivity contribution in [2.75, 3.05) is 24.3 Å². The Kier molecular flexibility index (Phi) is 5.39. The highest BCUT2D eigenvalue weighted by Crippen LogP contribution is 2.29. The molecule has 3 aromatic carbocycles. The molecule has 0 amide bonds. The van der Waals surface area contributed by atoms with E-state index in [1.54, 1.807) is 0 Å². The van der Waals surface area contributed by atoms with Crippen LogP contribution in [0.2, 0.25) is 0 Å². The van der Waals surface area contributed by atoms with Crippen LogP contribution in [0.4, 0.5) is 17.1 Å². The molecule has 0 spiro atoms. The molecule has 0 saturated carbocycles. The molecule has 0 atom stereocenters. The molecule has 0 aliphatic carbocycles. The maximum absolute atomic E-state index is 3.62. The maximum Gasteiger partial charge on any atom is 0.0621 e. The minimum absolute atomic E-state index is 1.05. The van der Waals surface area contributed by atoms with Gasteiger partial charge in [0.2, 0.25) is 0 Å². The lowest BCUT2D eigenvalue weighted by molar-refractivity contribution is 0.960. The van der Waals surface area contributed by atoms with Gasteiger partial charge in [-0.05, 0) is 54.7 Å². The van der Waals surface area contributed by atoms with Crippen molar-refractivity contribution in [1.82, 2.24) is 0 Å². The van der Waals surface area contributed by atoms with Crippen molar-refractivity contribution < 1.29 is 0 Å². The molecule has 0 heterocycles. The predicted octanol–water partition coefficient (Wildman–Crippen LogP) is 5.59. The van der Waals surface area contributed by atoms with Crippen LogP contribution in [0.1, 0.15) is 16.7 Å². The predicted molar refractivity (Wildman–Crippen MR) is 109 cm³/mol. The fraction of sp³-hybridized carbons (Fsp3) is 0.217. The molecule has 0 fully saturated rings. The van der Waals surface area contributed by atoms with Gasteiger partial charge in [0.05, 0.1) is 11.4 Å². The third-order valence-corrected chi connectivity index (χ3v) is 4.50. The highest BCUT2D eigenvalue weighted by atomic mass is 15.1. The number of para-hydroxylation sites is 2. The van der Waals surface area contributed by atoms with E-state index in [0.717, 1.165) is 18.5 Å². The lowest BCUT2D eigenvalue weighted by atomic mass is 10.0. The van der Waals surface area contributed by atoms with Crippen molar-refractivity contribution in [1.29, 1.82) is 0 Å². The van der Waals surface area contributed by atoms with Crippen molar-refractivity contribution in [2.24, 2.45) is 0 Å². The topological polar surface area (TPSA) is 15.3 Å². The fourth-order valence-electron chi connectivity index (χ4n) is 3.01. The summed E-state index contributed by atoms with van der Waals surface area (Å²) in [7, 11) is 4.15. The summed E-state index contributed by atoms with van der Waals surface area (Å²) in [5, 5.41) is 3.62. The van der Waals surface area contributed by atoms with E-state index in [1.165, 1.54) is 28.1 Å². The number of rotatable bonds is 6. The van der Waals surface area contributed by atoms with E-state index in [2.05, 4.69) is 104 Å². The number of hydrogen-bond acceptors (Lipinski definition) is 2. The van der Waals surface area contributed by atoms with Gasteiger partial charge in [-0.2, -0.15) is 0 Å². The first kappa shape index (κ1) is 17.1. The summed E-state index contributed by atoms with van der Waals surface area (Å²) >= 11 is 0. The smallest absolute Gasteiger partial charge is 0.0621 e. The third-order valence-electron chi connectivity index (χ3n) is 4.50. The summed E-state index contributed by atoms with van der Waals surface area (Å²) in [6.07, 6.45) is 2.12. The van der Waals surface area contributed by atoms with Crippen LogP contribution in [0, 0.1) is 6.92 Å². The van der Waals surface area contributed by atoms with Crippen molar-refractivity contribution in [3.63, 3.8) is 0 Å². The van der Waals surface area contributed by atoms with Crippen LogP contribution in [0.5, 0.6) is 0 Å².